The van der Waals surface area contributed by atoms with Crippen LogP contribution in [-0.4, -0.2) is 30.0 Å². The molecule has 0 aliphatic carbocycles. The van der Waals surface area contributed by atoms with E-state index in [4.69, 9.17) is 0 Å². The maximum absolute atomic E-state index is 13.2. The number of amides is 1. The van der Waals surface area contributed by atoms with E-state index >= 15 is 0 Å². The predicted octanol–water partition coefficient (Wildman–Crippen LogP) is 1.42. The minimum absolute atomic E-state index is 0.0834. The minimum Gasteiger partial charge on any atom is -0.354 e. The number of sulfonamides is 1. The molecule has 1 heterocycles. The van der Waals surface area contributed by atoms with E-state index in [0.29, 0.717) is 23.5 Å². The van der Waals surface area contributed by atoms with Gasteiger partial charge in [0.05, 0.1) is 15.8 Å². The van der Waals surface area contributed by atoms with Gasteiger partial charge in [0.1, 0.15) is 6.04 Å². The lowest BCUT2D eigenvalue weighted by atomic mass is 10.1. The molecule has 0 aliphatic rings. The summed E-state index contributed by atoms with van der Waals surface area (Å²) in [4.78, 5) is 37.4. The van der Waals surface area contributed by atoms with Gasteiger partial charge in [-0.1, -0.05) is 44.2 Å². The zero-order valence-electron chi connectivity index (χ0n) is 19.0. The largest absolute Gasteiger partial charge is 0.354 e. The van der Waals surface area contributed by atoms with Crippen molar-refractivity contribution in [1.82, 2.24) is 19.2 Å². The van der Waals surface area contributed by atoms with Crippen LogP contribution in [0, 0.1) is 5.92 Å². The zero-order valence-corrected chi connectivity index (χ0v) is 19.8. The Kier molecular flexibility index (Phi) is 7.19. The number of aromatic nitrogens is 2. The minimum atomic E-state index is -4.18. The Bertz CT molecular complexity index is 1390. The highest BCUT2D eigenvalue weighted by Crippen LogP contribution is 2.20. The van der Waals surface area contributed by atoms with Gasteiger partial charge in [-0.2, -0.15) is 4.72 Å². The molecule has 3 rings (SSSR count). The van der Waals surface area contributed by atoms with Crippen LogP contribution in [-0.2, 0) is 28.9 Å². The molecule has 0 bridgehead atoms. The molecule has 2 aromatic carbocycles. The predicted molar refractivity (Wildman–Crippen MR) is 126 cm³/mol. The number of benzene rings is 2. The zero-order chi connectivity index (χ0) is 24.3. The SMILES string of the molecule is CC(C)CCNC(=O)C(NS(=O)(=O)c1ccc2c(c1)c(=O)n(C)c(=O)n2C)c1ccccc1. The van der Waals surface area contributed by atoms with E-state index in [1.807, 2.05) is 13.8 Å². The molecule has 0 saturated heterocycles. The number of hydrogen-bond acceptors (Lipinski definition) is 5. The summed E-state index contributed by atoms with van der Waals surface area (Å²) in [6.45, 7) is 4.48. The molecule has 176 valence electrons. The molecule has 9 nitrogen and oxygen atoms in total. The summed E-state index contributed by atoms with van der Waals surface area (Å²) in [5, 5.41) is 2.87. The summed E-state index contributed by atoms with van der Waals surface area (Å²) in [5.41, 5.74) is -0.310. The van der Waals surface area contributed by atoms with Crippen LogP contribution < -0.4 is 21.3 Å². The van der Waals surface area contributed by atoms with Crippen molar-refractivity contribution in [2.75, 3.05) is 6.54 Å². The highest BCUT2D eigenvalue weighted by atomic mass is 32.2. The van der Waals surface area contributed by atoms with Gasteiger partial charge in [0, 0.05) is 20.6 Å². The van der Waals surface area contributed by atoms with Crippen molar-refractivity contribution in [3.63, 3.8) is 0 Å². The number of nitrogens with zero attached hydrogens (tertiary/aromatic N) is 2. The van der Waals surface area contributed by atoms with Gasteiger partial charge in [0.15, 0.2) is 0 Å². The highest BCUT2D eigenvalue weighted by molar-refractivity contribution is 7.89. The van der Waals surface area contributed by atoms with Crippen LogP contribution in [0.5, 0.6) is 0 Å². The second-order valence-corrected chi connectivity index (χ2v) is 10.0. The lowest BCUT2D eigenvalue weighted by molar-refractivity contribution is -0.122. The van der Waals surface area contributed by atoms with Crippen LogP contribution in [0.1, 0.15) is 31.9 Å². The number of carbonyl (C=O) groups excluding carboxylic acids is 1. The van der Waals surface area contributed by atoms with Crippen LogP contribution >= 0.6 is 0 Å². The molecular weight excluding hydrogens is 444 g/mol. The fourth-order valence-electron chi connectivity index (χ4n) is 3.47. The summed E-state index contributed by atoms with van der Waals surface area (Å²) >= 11 is 0. The van der Waals surface area contributed by atoms with E-state index in [9.17, 15) is 22.8 Å². The van der Waals surface area contributed by atoms with E-state index in [2.05, 4.69) is 10.0 Å². The number of hydrogen-bond donors (Lipinski definition) is 2. The average molecular weight is 473 g/mol. The van der Waals surface area contributed by atoms with Crippen molar-refractivity contribution in [2.45, 2.75) is 31.2 Å². The standard InChI is InChI=1S/C23H28N4O5S/c1-15(2)12-13-24-21(28)20(16-8-6-5-7-9-16)25-33(31,32)17-10-11-19-18(14-17)22(29)27(4)23(30)26(19)3/h5-11,14-15,20,25H,12-13H2,1-4H3,(H,24,28). The van der Waals surface area contributed by atoms with Gasteiger partial charge < -0.3 is 5.32 Å². The van der Waals surface area contributed by atoms with Crippen LogP contribution in [0.4, 0.5) is 0 Å². The molecule has 1 amide bonds. The van der Waals surface area contributed by atoms with Gasteiger partial charge >= 0.3 is 5.69 Å². The molecule has 3 aromatic rings. The van der Waals surface area contributed by atoms with E-state index in [1.54, 1.807) is 30.3 Å². The van der Waals surface area contributed by atoms with E-state index in [1.165, 1.54) is 36.9 Å². The van der Waals surface area contributed by atoms with Crippen molar-refractivity contribution in [3.8, 4) is 0 Å². The maximum atomic E-state index is 13.2. The molecule has 2 N–H and O–H groups in total. The Morgan fingerprint density at radius 3 is 2.30 bits per heavy atom. The second-order valence-electron chi connectivity index (χ2n) is 8.32. The number of aryl methyl sites for hydroxylation is 1. The summed E-state index contributed by atoms with van der Waals surface area (Å²) in [6, 6.07) is 11.3. The smallest absolute Gasteiger partial charge is 0.330 e. The Balaban J connectivity index is 2.00. The van der Waals surface area contributed by atoms with Crippen molar-refractivity contribution < 1.29 is 13.2 Å². The lowest BCUT2D eigenvalue weighted by Crippen LogP contribution is -2.41. The third-order valence-electron chi connectivity index (χ3n) is 5.44. The maximum Gasteiger partial charge on any atom is 0.330 e. The van der Waals surface area contributed by atoms with E-state index < -0.39 is 33.2 Å². The molecule has 1 aromatic heterocycles. The quantitative estimate of drug-likeness (QED) is 0.514. The highest BCUT2D eigenvalue weighted by Gasteiger charge is 2.27. The van der Waals surface area contributed by atoms with Gasteiger partial charge in [0.2, 0.25) is 15.9 Å². The molecule has 0 aliphatic heterocycles. The van der Waals surface area contributed by atoms with Crippen molar-refractivity contribution >= 4 is 26.8 Å². The fourth-order valence-corrected chi connectivity index (χ4v) is 4.68. The summed E-state index contributed by atoms with van der Waals surface area (Å²) < 4.78 is 31.1. The number of nitrogens with one attached hydrogen (secondary N) is 2. The molecule has 1 unspecified atom stereocenters. The Hall–Kier alpha value is -3.24. The third-order valence-corrected chi connectivity index (χ3v) is 6.86. The van der Waals surface area contributed by atoms with Gasteiger partial charge in [-0.25, -0.2) is 13.2 Å². The number of fused-ring (bicyclic) bond motifs is 1. The molecule has 0 fully saturated rings. The van der Waals surface area contributed by atoms with Crippen LogP contribution in [0.15, 0.2) is 63.0 Å². The van der Waals surface area contributed by atoms with Crippen molar-refractivity contribution in [2.24, 2.45) is 20.0 Å². The molecule has 0 spiro atoms. The average Bonchev–Trinajstić information content (AvgIpc) is 2.79. The third kappa shape index (κ3) is 5.23. The first-order chi connectivity index (χ1) is 15.5. The fraction of sp³-hybridized carbons (Fsp3) is 0.348. The number of carbonyl (C=O) groups is 1. The van der Waals surface area contributed by atoms with Crippen LogP contribution in [0.3, 0.4) is 0 Å². The lowest BCUT2D eigenvalue weighted by Gasteiger charge is -2.19. The monoisotopic (exact) mass is 472 g/mol. The van der Waals surface area contributed by atoms with E-state index in [-0.39, 0.29) is 10.3 Å². The second kappa shape index (κ2) is 9.72. The van der Waals surface area contributed by atoms with Crippen molar-refractivity contribution in [3.05, 3.63) is 74.9 Å². The normalized spacial score (nSPS) is 12.8. The Labute approximate surface area is 192 Å². The Morgan fingerprint density at radius 1 is 1.00 bits per heavy atom. The summed E-state index contributed by atoms with van der Waals surface area (Å²) in [5.74, 6) is -0.0853. The van der Waals surface area contributed by atoms with Crippen LogP contribution in [0.25, 0.3) is 10.9 Å². The van der Waals surface area contributed by atoms with Gasteiger partial charge in [0.25, 0.3) is 5.56 Å². The van der Waals surface area contributed by atoms with Gasteiger partial charge in [-0.15, -0.1) is 0 Å². The molecular formula is C23H28N4O5S. The van der Waals surface area contributed by atoms with Crippen molar-refractivity contribution in [1.29, 1.82) is 0 Å². The summed E-state index contributed by atoms with van der Waals surface area (Å²) in [7, 11) is -1.35. The van der Waals surface area contributed by atoms with Gasteiger partial charge in [-0.3, -0.25) is 18.7 Å². The first-order valence-corrected chi connectivity index (χ1v) is 12.1. The Morgan fingerprint density at radius 2 is 1.67 bits per heavy atom. The molecule has 0 saturated carbocycles. The first-order valence-electron chi connectivity index (χ1n) is 10.6. The number of rotatable bonds is 8. The summed E-state index contributed by atoms with van der Waals surface area (Å²) in [6.07, 6.45) is 0.757. The molecule has 0 radical (unpaired) electrons. The molecule has 10 heteroatoms. The van der Waals surface area contributed by atoms with Gasteiger partial charge in [-0.05, 0) is 36.1 Å². The topological polar surface area (TPSA) is 119 Å². The first kappa shape index (κ1) is 24.4. The molecule has 33 heavy (non-hydrogen) atoms. The van der Waals surface area contributed by atoms with Crippen LogP contribution in [0.2, 0.25) is 0 Å². The molecule has 1 atom stereocenters. The van der Waals surface area contributed by atoms with E-state index in [0.717, 1.165) is 11.0 Å².